The van der Waals surface area contributed by atoms with Crippen LogP contribution >= 0.6 is 11.8 Å². The molecule has 7 heteroatoms. The molecule has 0 aromatic heterocycles. The van der Waals surface area contributed by atoms with Gasteiger partial charge in [0.2, 0.25) is 0 Å². The van der Waals surface area contributed by atoms with Gasteiger partial charge >= 0.3 is 0 Å². The topological polar surface area (TPSA) is 54.4 Å². The number of nitrogens with zero attached hydrogens (tertiary/aromatic N) is 3. The van der Waals surface area contributed by atoms with E-state index in [1.165, 1.54) is 24.6 Å². The summed E-state index contributed by atoms with van der Waals surface area (Å²) in [6.07, 6.45) is 4.26. The van der Waals surface area contributed by atoms with E-state index in [1.807, 2.05) is 45.9 Å². The van der Waals surface area contributed by atoms with Crippen molar-refractivity contribution in [1.82, 2.24) is 4.90 Å². The molecule has 0 atom stereocenters. The number of amidine groups is 1. The SMILES string of the molecule is COc1cc(N2CCCC2)c(OC)cc1/C=C1/SC(=NC(C)C)N(C(C)C)C1=O. The molecule has 0 saturated carbocycles. The fraction of sp³-hybridized carbons (Fsp3) is 0.545. The van der Waals surface area contributed by atoms with Crippen molar-refractivity contribution in [3.63, 3.8) is 0 Å². The molecule has 0 unspecified atom stereocenters. The molecule has 158 valence electrons. The van der Waals surface area contributed by atoms with Crippen LogP contribution in [0.15, 0.2) is 22.0 Å². The molecule has 29 heavy (non-hydrogen) atoms. The number of thioether (sulfide) groups is 1. The Labute approximate surface area is 177 Å². The summed E-state index contributed by atoms with van der Waals surface area (Å²) in [4.78, 5) is 22.4. The maximum Gasteiger partial charge on any atom is 0.266 e. The van der Waals surface area contributed by atoms with Crippen molar-refractivity contribution in [1.29, 1.82) is 0 Å². The number of methoxy groups -OCH3 is 2. The number of hydrogen-bond acceptors (Lipinski definition) is 6. The molecule has 0 spiro atoms. The average Bonchev–Trinajstić information content (AvgIpc) is 3.29. The van der Waals surface area contributed by atoms with E-state index < -0.39 is 0 Å². The molecular formula is C22H31N3O3S. The monoisotopic (exact) mass is 417 g/mol. The van der Waals surface area contributed by atoms with Crippen molar-refractivity contribution >= 4 is 34.6 Å². The summed E-state index contributed by atoms with van der Waals surface area (Å²) in [6.45, 7) is 10.1. The predicted octanol–water partition coefficient (Wildman–Crippen LogP) is 4.39. The molecule has 2 aliphatic rings. The van der Waals surface area contributed by atoms with E-state index >= 15 is 0 Å². The van der Waals surface area contributed by atoms with Crippen LogP contribution in [-0.4, -0.2) is 55.4 Å². The first kappa shape index (κ1) is 21.6. The Morgan fingerprint density at radius 2 is 1.72 bits per heavy atom. The van der Waals surface area contributed by atoms with E-state index in [2.05, 4.69) is 9.89 Å². The summed E-state index contributed by atoms with van der Waals surface area (Å²) in [6, 6.07) is 4.15. The Balaban J connectivity index is 2.01. The van der Waals surface area contributed by atoms with Gasteiger partial charge in [0.15, 0.2) is 5.17 Å². The smallest absolute Gasteiger partial charge is 0.266 e. The molecule has 0 aliphatic carbocycles. The molecule has 1 aromatic rings. The zero-order valence-electron chi connectivity index (χ0n) is 18.2. The van der Waals surface area contributed by atoms with Crippen LogP contribution in [0.25, 0.3) is 6.08 Å². The second-order valence-electron chi connectivity index (χ2n) is 7.85. The quantitative estimate of drug-likeness (QED) is 0.643. The zero-order chi connectivity index (χ0) is 21.1. The van der Waals surface area contributed by atoms with Gasteiger partial charge in [0.25, 0.3) is 5.91 Å². The molecule has 1 amide bonds. The Bertz CT molecular complexity index is 827. The molecule has 6 nitrogen and oxygen atoms in total. The minimum absolute atomic E-state index is 0.0194. The summed E-state index contributed by atoms with van der Waals surface area (Å²) < 4.78 is 11.3. The Hall–Kier alpha value is -2.15. The first-order valence-corrected chi connectivity index (χ1v) is 11.0. The average molecular weight is 418 g/mol. The lowest BCUT2D eigenvalue weighted by atomic mass is 10.1. The van der Waals surface area contributed by atoms with Gasteiger partial charge in [0.05, 0.1) is 24.8 Å². The first-order chi connectivity index (χ1) is 13.8. The number of benzene rings is 1. The number of ether oxygens (including phenoxy) is 2. The minimum atomic E-state index is -0.0194. The van der Waals surface area contributed by atoms with Crippen LogP contribution in [0.2, 0.25) is 0 Å². The normalized spacial score (nSPS) is 20.1. The summed E-state index contributed by atoms with van der Waals surface area (Å²) in [5.74, 6) is 1.51. The minimum Gasteiger partial charge on any atom is -0.496 e. The molecule has 2 fully saturated rings. The molecule has 3 rings (SSSR count). The number of carbonyl (C=O) groups is 1. The second-order valence-corrected chi connectivity index (χ2v) is 8.85. The van der Waals surface area contributed by atoms with Crippen molar-refractivity contribution in [2.24, 2.45) is 4.99 Å². The number of amides is 1. The van der Waals surface area contributed by atoms with Gasteiger partial charge in [0, 0.05) is 36.8 Å². The number of rotatable bonds is 6. The third-order valence-electron chi connectivity index (χ3n) is 4.99. The predicted molar refractivity (Wildman–Crippen MR) is 121 cm³/mol. The van der Waals surface area contributed by atoms with Gasteiger partial charge in [0.1, 0.15) is 11.5 Å². The molecule has 2 aliphatic heterocycles. The van der Waals surface area contributed by atoms with Crippen LogP contribution in [-0.2, 0) is 4.79 Å². The van der Waals surface area contributed by atoms with Crippen LogP contribution in [0, 0.1) is 0 Å². The number of hydrogen-bond donors (Lipinski definition) is 0. The Kier molecular flexibility index (Phi) is 6.77. The zero-order valence-corrected chi connectivity index (χ0v) is 19.0. The van der Waals surface area contributed by atoms with Crippen LogP contribution in [0.5, 0.6) is 11.5 Å². The van der Waals surface area contributed by atoms with Gasteiger partial charge in [-0.1, -0.05) is 0 Å². The van der Waals surface area contributed by atoms with Crippen molar-refractivity contribution < 1.29 is 14.3 Å². The van der Waals surface area contributed by atoms with Gasteiger partial charge in [-0.15, -0.1) is 0 Å². The molecule has 2 heterocycles. The first-order valence-electron chi connectivity index (χ1n) is 10.2. The highest BCUT2D eigenvalue weighted by atomic mass is 32.2. The van der Waals surface area contributed by atoms with Gasteiger partial charge in [-0.05, 0) is 64.4 Å². The van der Waals surface area contributed by atoms with E-state index in [0.717, 1.165) is 41.0 Å². The van der Waals surface area contributed by atoms with E-state index in [-0.39, 0.29) is 18.0 Å². The maximum absolute atomic E-state index is 13.0. The number of carbonyl (C=O) groups excluding carboxylic acids is 1. The summed E-state index contributed by atoms with van der Waals surface area (Å²) in [5.41, 5.74) is 1.87. The van der Waals surface area contributed by atoms with Crippen molar-refractivity contribution in [2.75, 3.05) is 32.2 Å². The van der Waals surface area contributed by atoms with E-state index in [1.54, 1.807) is 19.1 Å². The molecule has 1 aromatic carbocycles. The van der Waals surface area contributed by atoms with Gasteiger partial charge in [-0.25, -0.2) is 0 Å². The van der Waals surface area contributed by atoms with Crippen LogP contribution in [0.4, 0.5) is 5.69 Å². The Morgan fingerprint density at radius 3 is 2.28 bits per heavy atom. The second kappa shape index (κ2) is 9.11. The van der Waals surface area contributed by atoms with Crippen LogP contribution in [0.3, 0.4) is 0 Å². The molecular weight excluding hydrogens is 386 g/mol. The standard InChI is InChI=1S/C22H31N3O3S/c1-14(2)23-22-25(15(3)4)21(26)20(29-22)12-16-11-19(28-6)17(13-18(16)27-5)24-9-7-8-10-24/h11-15H,7-10H2,1-6H3/b20-12+,23-22?. The lowest BCUT2D eigenvalue weighted by Gasteiger charge is -2.22. The van der Waals surface area contributed by atoms with E-state index in [0.29, 0.717) is 4.91 Å². The van der Waals surface area contributed by atoms with Gasteiger partial charge < -0.3 is 14.4 Å². The number of anilines is 1. The van der Waals surface area contributed by atoms with Gasteiger partial charge in [-0.3, -0.25) is 14.7 Å². The van der Waals surface area contributed by atoms with Crippen LogP contribution in [0.1, 0.15) is 46.1 Å². The lowest BCUT2D eigenvalue weighted by Crippen LogP contribution is -2.35. The number of aliphatic imine (C=N–C) groups is 1. The summed E-state index contributed by atoms with van der Waals surface area (Å²) in [7, 11) is 3.34. The maximum atomic E-state index is 13.0. The highest BCUT2D eigenvalue weighted by molar-refractivity contribution is 8.18. The summed E-state index contributed by atoms with van der Waals surface area (Å²) >= 11 is 1.42. The highest BCUT2D eigenvalue weighted by Gasteiger charge is 2.35. The van der Waals surface area contributed by atoms with Crippen molar-refractivity contribution in [3.05, 3.63) is 22.6 Å². The molecule has 0 radical (unpaired) electrons. The van der Waals surface area contributed by atoms with Crippen molar-refractivity contribution in [3.8, 4) is 11.5 Å². The molecule has 0 bridgehead atoms. The third kappa shape index (κ3) is 4.55. The highest BCUT2D eigenvalue weighted by Crippen LogP contribution is 2.40. The molecule has 0 N–H and O–H groups in total. The lowest BCUT2D eigenvalue weighted by molar-refractivity contribution is -0.123. The van der Waals surface area contributed by atoms with Gasteiger partial charge in [-0.2, -0.15) is 0 Å². The third-order valence-corrected chi connectivity index (χ3v) is 5.98. The van der Waals surface area contributed by atoms with Crippen LogP contribution < -0.4 is 14.4 Å². The molecule has 2 saturated heterocycles. The largest absolute Gasteiger partial charge is 0.496 e. The van der Waals surface area contributed by atoms with E-state index in [9.17, 15) is 4.79 Å². The van der Waals surface area contributed by atoms with Crippen molar-refractivity contribution in [2.45, 2.75) is 52.6 Å². The Morgan fingerprint density at radius 1 is 1.07 bits per heavy atom. The van der Waals surface area contributed by atoms with E-state index in [4.69, 9.17) is 9.47 Å². The summed E-state index contributed by atoms with van der Waals surface area (Å²) in [5, 5.41) is 0.755. The fourth-order valence-corrected chi connectivity index (χ4v) is 4.84. The fourth-order valence-electron chi connectivity index (χ4n) is 3.62.